The number of nitrogens with zero attached hydrogens (tertiary/aromatic N) is 3. The van der Waals surface area contributed by atoms with Gasteiger partial charge in [-0.05, 0) is 23.4 Å². The highest BCUT2D eigenvalue weighted by molar-refractivity contribution is 8.00. The summed E-state index contributed by atoms with van der Waals surface area (Å²) in [5, 5.41) is 5.36. The molecule has 0 aliphatic carbocycles. The minimum absolute atomic E-state index is 0.126. The van der Waals surface area contributed by atoms with E-state index in [4.69, 9.17) is 0 Å². The van der Waals surface area contributed by atoms with Crippen molar-refractivity contribution in [1.29, 1.82) is 0 Å². The zero-order valence-electron chi connectivity index (χ0n) is 17.5. The lowest BCUT2D eigenvalue weighted by molar-refractivity contribution is -0.113. The van der Waals surface area contributed by atoms with Gasteiger partial charge in [0.05, 0.1) is 11.1 Å². The van der Waals surface area contributed by atoms with Crippen LogP contribution in [0.3, 0.4) is 0 Å². The first-order valence-corrected chi connectivity index (χ1v) is 10.9. The van der Waals surface area contributed by atoms with E-state index < -0.39 is 11.2 Å². The highest BCUT2D eigenvalue weighted by atomic mass is 32.2. The van der Waals surface area contributed by atoms with E-state index in [-0.39, 0.29) is 11.7 Å². The van der Waals surface area contributed by atoms with Gasteiger partial charge in [-0.25, -0.2) is 9.78 Å². The maximum Gasteiger partial charge on any atom is 0.332 e. The molecule has 0 fully saturated rings. The predicted molar refractivity (Wildman–Crippen MR) is 125 cm³/mol. The van der Waals surface area contributed by atoms with Crippen LogP contribution in [0.2, 0.25) is 0 Å². The number of nitrogens with one attached hydrogen (secondary N) is 1. The highest BCUT2D eigenvalue weighted by Crippen LogP contribution is 2.29. The molecule has 0 unspecified atom stereocenters. The summed E-state index contributed by atoms with van der Waals surface area (Å²) in [6.45, 7) is 1.97. The van der Waals surface area contributed by atoms with Gasteiger partial charge in [0.2, 0.25) is 5.91 Å². The van der Waals surface area contributed by atoms with Crippen LogP contribution in [0, 0.1) is 0 Å². The average molecular weight is 435 g/mol. The summed E-state index contributed by atoms with van der Waals surface area (Å²) in [7, 11) is 3.04. The molecule has 0 saturated carbocycles. The number of carbonyl (C=O) groups is 1. The molecular formula is C23H22N4O3S. The van der Waals surface area contributed by atoms with Crippen LogP contribution in [0.15, 0.2) is 63.1 Å². The second kappa shape index (κ2) is 8.39. The van der Waals surface area contributed by atoms with Gasteiger partial charge in [-0.3, -0.25) is 18.7 Å². The van der Waals surface area contributed by atoms with Crippen molar-refractivity contribution < 1.29 is 4.79 Å². The number of fused-ring (bicyclic) bond motifs is 2. The largest absolute Gasteiger partial charge is 0.332 e. The molecular weight excluding hydrogens is 412 g/mol. The van der Waals surface area contributed by atoms with E-state index in [2.05, 4.69) is 10.3 Å². The molecule has 8 heteroatoms. The summed E-state index contributed by atoms with van der Waals surface area (Å²) in [5.74, 6) is -0.0450. The summed E-state index contributed by atoms with van der Waals surface area (Å²) >= 11 is 1.29. The summed E-state index contributed by atoms with van der Waals surface area (Å²) < 4.78 is 2.43. The third kappa shape index (κ3) is 3.74. The second-order valence-electron chi connectivity index (χ2n) is 7.23. The number of hydrogen-bond acceptors (Lipinski definition) is 5. The molecule has 158 valence electrons. The highest BCUT2D eigenvalue weighted by Gasteiger charge is 2.18. The van der Waals surface area contributed by atoms with E-state index in [1.807, 2.05) is 49.4 Å². The van der Waals surface area contributed by atoms with Crippen LogP contribution in [0.4, 0.5) is 5.69 Å². The zero-order chi connectivity index (χ0) is 22.1. The zero-order valence-corrected chi connectivity index (χ0v) is 18.3. The Bertz CT molecular complexity index is 1430. The Morgan fingerprint density at radius 2 is 1.81 bits per heavy atom. The number of aryl methyl sites for hydroxylation is 2. The average Bonchev–Trinajstić information content (AvgIpc) is 2.79. The van der Waals surface area contributed by atoms with Crippen molar-refractivity contribution in [3.8, 4) is 0 Å². The lowest BCUT2D eigenvalue weighted by Gasteiger charge is -2.14. The lowest BCUT2D eigenvalue weighted by atomic mass is 10.1. The summed E-state index contributed by atoms with van der Waals surface area (Å²) in [6.07, 6.45) is 2.33. The molecule has 0 spiro atoms. The molecule has 2 aromatic carbocycles. The van der Waals surface area contributed by atoms with E-state index in [0.717, 1.165) is 26.6 Å². The van der Waals surface area contributed by atoms with Gasteiger partial charge in [-0.15, -0.1) is 11.8 Å². The van der Waals surface area contributed by atoms with Gasteiger partial charge < -0.3 is 5.32 Å². The van der Waals surface area contributed by atoms with Crippen LogP contribution >= 0.6 is 11.8 Å². The fourth-order valence-corrected chi connectivity index (χ4v) is 4.67. The molecule has 0 saturated heterocycles. The summed E-state index contributed by atoms with van der Waals surface area (Å²) in [5.41, 5.74) is 1.10. The number of amides is 1. The molecule has 0 aliphatic rings. The first-order chi connectivity index (χ1) is 14.9. The Morgan fingerprint density at radius 1 is 1.06 bits per heavy atom. The lowest BCUT2D eigenvalue weighted by Crippen LogP contribution is -2.37. The molecule has 0 atom stereocenters. The molecule has 1 amide bonds. The van der Waals surface area contributed by atoms with E-state index in [0.29, 0.717) is 22.3 Å². The smallest absolute Gasteiger partial charge is 0.325 e. The van der Waals surface area contributed by atoms with Crippen molar-refractivity contribution in [3.63, 3.8) is 0 Å². The van der Waals surface area contributed by atoms with E-state index in [9.17, 15) is 14.4 Å². The number of pyridine rings is 1. The quantitative estimate of drug-likeness (QED) is 0.488. The van der Waals surface area contributed by atoms with Gasteiger partial charge >= 0.3 is 5.69 Å². The number of rotatable bonds is 5. The van der Waals surface area contributed by atoms with Crippen LogP contribution < -0.4 is 16.6 Å². The molecule has 0 bridgehead atoms. The maximum absolute atomic E-state index is 12.9. The Hall–Kier alpha value is -3.39. The first kappa shape index (κ1) is 20.9. The molecule has 0 aliphatic heterocycles. The van der Waals surface area contributed by atoms with Crippen molar-refractivity contribution in [2.45, 2.75) is 18.2 Å². The number of carbonyl (C=O) groups excluding carboxylic acids is 1. The van der Waals surface area contributed by atoms with Gasteiger partial charge in [0.15, 0.2) is 0 Å². The van der Waals surface area contributed by atoms with Crippen molar-refractivity contribution >= 4 is 45.2 Å². The van der Waals surface area contributed by atoms with Gasteiger partial charge in [0.25, 0.3) is 5.56 Å². The second-order valence-corrected chi connectivity index (χ2v) is 8.22. The number of anilines is 1. The van der Waals surface area contributed by atoms with Gasteiger partial charge in [-0.1, -0.05) is 43.3 Å². The van der Waals surface area contributed by atoms with Crippen molar-refractivity contribution in [3.05, 3.63) is 75.1 Å². The topological polar surface area (TPSA) is 86.0 Å². The maximum atomic E-state index is 12.9. The minimum atomic E-state index is -0.432. The van der Waals surface area contributed by atoms with Crippen molar-refractivity contribution in [1.82, 2.24) is 14.1 Å². The fourth-order valence-electron chi connectivity index (χ4n) is 3.62. The number of aromatic nitrogens is 3. The molecule has 4 aromatic rings. The standard InChI is InChI=1S/C23H22N4O3S/c1-4-14-12-24-21-19(22(29)27(3)23(30)26(21)2)20(14)31-13-18(28)25-17-11-7-9-15-8-5-6-10-16(15)17/h5-12H,4,13H2,1-3H3,(H,25,28). The Balaban J connectivity index is 1.68. The summed E-state index contributed by atoms with van der Waals surface area (Å²) in [4.78, 5) is 42.9. The van der Waals surface area contributed by atoms with Gasteiger partial charge in [0.1, 0.15) is 5.65 Å². The van der Waals surface area contributed by atoms with Crippen LogP contribution in [-0.4, -0.2) is 25.8 Å². The van der Waals surface area contributed by atoms with Gasteiger partial charge in [-0.2, -0.15) is 0 Å². The normalized spacial score (nSPS) is 11.2. The molecule has 31 heavy (non-hydrogen) atoms. The fraction of sp³-hybridized carbons (Fsp3) is 0.217. The monoisotopic (exact) mass is 434 g/mol. The summed E-state index contributed by atoms with van der Waals surface area (Å²) in [6, 6.07) is 13.6. The minimum Gasteiger partial charge on any atom is -0.325 e. The number of hydrogen-bond donors (Lipinski definition) is 1. The number of benzene rings is 2. The molecule has 7 nitrogen and oxygen atoms in total. The van der Waals surface area contributed by atoms with Gasteiger partial charge in [0, 0.05) is 36.3 Å². The SMILES string of the molecule is CCc1cnc2c(c1SCC(=O)Nc1cccc3ccccc13)c(=O)n(C)c(=O)n2C. The van der Waals surface area contributed by atoms with Crippen LogP contribution in [0.25, 0.3) is 21.8 Å². The Kier molecular flexibility index (Phi) is 5.65. The Morgan fingerprint density at radius 3 is 2.58 bits per heavy atom. The van der Waals surface area contributed by atoms with Crippen molar-refractivity contribution in [2.24, 2.45) is 14.1 Å². The van der Waals surface area contributed by atoms with Crippen LogP contribution in [-0.2, 0) is 25.3 Å². The molecule has 2 aromatic heterocycles. The van der Waals surface area contributed by atoms with E-state index in [1.54, 1.807) is 13.2 Å². The Labute approximate surface area is 182 Å². The first-order valence-electron chi connectivity index (χ1n) is 9.90. The predicted octanol–water partition coefficient (Wildman–Crippen LogP) is 3.08. The molecule has 4 rings (SSSR count). The van der Waals surface area contributed by atoms with E-state index >= 15 is 0 Å². The van der Waals surface area contributed by atoms with Crippen LogP contribution in [0.1, 0.15) is 12.5 Å². The van der Waals surface area contributed by atoms with E-state index in [1.165, 1.54) is 23.4 Å². The molecule has 1 N–H and O–H groups in total. The number of thioether (sulfide) groups is 1. The third-order valence-corrected chi connectivity index (χ3v) is 6.45. The van der Waals surface area contributed by atoms with Crippen LogP contribution in [0.5, 0.6) is 0 Å². The third-order valence-electron chi connectivity index (χ3n) is 5.29. The molecule has 0 radical (unpaired) electrons. The van der Waals surface area contributed by atoms with Crippen molar-refractivity contribution in [2.75, 3.05) is 11.1 Å². The molecule has 2 heterocycles.